The number of hydrogen-bond donors (Lipinski definition) is 1. The van der Waals surface area contributed by atoms with Gasteiger partial charge in [-0.1, -0.05) is 30.3 Å². The third-order valence-electron chi connectivity index (χ3n) is 7.15. The van der Waals surface area contributed by atoms with Crippen molar-refractivity contribution < 1.29 is 4.39 Å². The highest BCUT2D eigenvalue weighted by Crippen LogP contribution is 2.59. The Morgan fingerprint density at radius 1 is 1.07 bits per heavy atom. The summed E-state index contributed by atoms with van der Waals surface area (Å²) in [6.45, 7) is 4.22. The van der Waals surface area contributed by atoms with Crippen LogP contribution in [0.3, 0.4) is 0 Å². The number of fused-ring (bicyclic) bond motifs is 1. The van der Waals surface area contributed by atoms with E-state index in [-0.39, 0.29) is 5.82 Å². The molecule has 0 atom stereocenters. The van der Waals surface area contributed by atoms with E-state index < -0.39 is 0 Å². The van der Waals surface area contributed by atoms with Crippen LogP contribution in [0.1, 0.15) is 55.6 Å². The van der Waals surface area contributed by atoms with Crippen molar-refractivity contribution in [1.29, 1.82) is 0 Å². The van der Waals surface area contributed by atoms with Crippen LogP contribution in [0.25, 0.3) is 16.6 Å². The van der Waals surface area contributed by atoms with E-state index in [1.54, 1.807) is 12.1 Å². The fraction of sp³-hybridized carbons (Fsp3) is 0.346. The molecule has 2 saturated carbocycles. The van der Waals surface area contributed by atoms with Gasteiger partial charge in [-0.15, -0.1) is 0 Å². The minimum absolute atomic E-state index is 0.182. The maximum Gasteiger partial charge on any atom is 0.123 e. The van der Waals surface area contributed by atoms with Crippen molar-refractivity contribution in [2.24, 2.45) is 5.41 Å². The molecule has 0 saturated heterocycles. The molecule has 1 heterocycles. The SMILES string of the molecule is C=C(NC1CCC2(CC1)CC(c1ccnc3ccc(F)cc13)C2)c1ccc(Cl)cc1. The van der Waals surface area contributed by atoms with Gasteiger partial charge in [0.25, 0.3) is 0 Å². The van der Waals surface area contributed by atoms with Crippen LogP contribution in [0.15, 0.2) is 61.3 Å². The van der Waals surface area contributed by atoms with Gasteiger partial charge in [0.15, 0.2) is 0 Å². The zero-order chi connectivity index (χ0) is 20.7. The van der Waals surface area contributed by atoms with Crippen molar-refractivity contribution in [3.05, 3.63) is 83.3 Å². The number of aromatic nitrogens is 1. The third kappa shape index (κ3) is 3.72. The lowest BCUT2D eigenvalue weighted by Gasteiger charge is -2.52. The lowest BCUT2D eigenvalue weighted by Crippen LogP contribution is -2.43. The molecule has 2 nitrogen and oxygen atoms in total. The van der Waals surface area contributed by atoms with E-state index in [4.69, 9.17) is 11.6 Å². The summed E-state index contributed by atoms with van der Waals surface area (Å²) < 4.78 is 13.8. The molecule has 5 rings (SSSR count). The smallest absolute Gasteiger partial charge is 0.123 e. The van der Waals surface area contributed by atoms with Crippen molar-refractivity contribution >= 4 is 28.2 Å². The average Bonchev–Trinajstić information content (AvgIpc) is 2.73. The quantitative estimate of drug-likeness (QED) is 0.487. The van der Waals surface area contributed by atoms with Gasteiger partial charge < -0.3 is 5.32 Å². The molecule has 1 aromatic heterocycles. The highest BCUT2D eigenvalue weighted by atomic mass is 35.5. The van der Waals surface area contributed by atoms with Gasteiger partial charge in [0.05, 0.1) is 5.52 Å². The Morgan fingerprint density at radius 3 is 2.53 bits per heavy atom. The largest absolute Gasteiger partial charge is 0.382 e. The van der Waals surface area contributed by atoms with Gasteiger partial charge in [0.2, 0.25) is 0 Å². The van der Waals surface area contributed by atoms with Crippen molar-refractivity contribution in [2.75, 3.05) is 0 Å². The second-order valence-electron chi connectivity index (χ2n) is 9.07. The topological polar surface area (TPSA) is 24.9 Å². The first-order chi connectivity index (χ1) is 14.5. The van der Waals surface area contributed by atoms with Gasteiger partial charge in [-0.2, -0.15) is 0 Å². The predicted molar refractivity (Wildman–Crippen MR) is 122 cm³/mol. The molecule has 1 N–H and O–H groups in total. The highest BCUT2D eigenvalue weighted by Gasteiger charge is 2.46. The Kier molecular flexibility index (Phi) is 5.02. The maximum absolute atomic E-state index is 13.8. The standard InChI is InChI=1S/C26H26ClFN2/c1-17(18-2-4-20(27)5-3-18)30-22-8-11-26(12-9-22)15-19(16-26)23-10-13-29-25-7-6-21(28)14-24(23)25/h2-7,10,13-14,19,22,30H,1,8-9,11-12,15-16H2. The maximum atomic E-state index is 13.8. The van der Waals surface area contributed by atoms with E-state index in [9.17, 15) is 4.39 Å². The van der Waals surface area contributed by atoms with Crippen molar-refractivity contribution in [3.63, 3.8) is 0 Å². The molecule has 30 heavy (non-hydrogen) atoms. The van der Waals surface area contributed by atoms with Crippen LogP contribution in [0, 0.1) is 11.2 Å². The molecule has 0 aliphatic heterocycles. The molecule has 154 valence electrons. The molecule has 3 aromatic rings. The van der Waals surface area contributed by atoms with Crippen molar-refractivity contribution in [2.45, 2.75) is 50.5 Å². The molecule has 4 heteroatoms. The van der Waals surface area contributed by atoms with E-state index in [0.29, 0.717) is 17.4 Å². The Balaban J connectivity index is 1.20. The van der Waals surface area contributed by atoms with Gasteiger partial charge in [-0.3, -0.25) is 4.98 Å². The molecule has 2 aliphatic carbocycles. The summed E-state index contributed by atoms with van der Waals surface area (Å²) in [4.78, 5) is 4.40. The number of nitrogens with zero attached hydrogens (tertiary/aromatic N) is 1. The van der Waals surface area contributed by atoms with Crippen molar-refractivity contribution in [3.8, 4) is 0 Å². The zero-order valence-corrected chi connectivity index (χ0v) is 17.8. The Morgan fingerprint density at radius 2 is 1.80 bits per heavy atom. The minimum atomic E-state index is -0.182. The van der Waals surface area contributed by atoms with E-state index in [0.717, 1.165) is 27.2 Å². The molecule has 2 aromatic carbocycles. The molecule has 0 unspecified atom stereocenters. The fourth-order valence-corrected chi connectivity index (χ4v) is 5.59. The minimum Gasteiger partial charge on any atom is -0.382 e. The molecule has 0 amide bonds. The van der Waals surface area contributed by atoms with Crippen LogP contribution in [-0.4, -0.2) is 11.0 Å². The van der Waals surface area contributed by atoms with Gasteiger partial charge in [0.1, 0.15) is 5.82 Å². The number of pyridine rings is 1. The molecule has 1 spiro atoms. The molecular weight excluding hydrogens is 395 g/mol. The Bertz CT molecular complexity index is 1080. The van der Waals surface area contributed by atoms with Gasteiger partial charge in [-0.05, 0) is 97.4 Å². The number of benzene rings is 2. The molecule has 2 fully saturated rings. The van der Waals surface area contributed by atoms with Crippen LogP contribution in [0.2, 0.25) is 5.02 Å². The van der Waals surface area contributed by atoms with E-state index >= 15 is 0 Å². The summed E-state index contributed by atoms with van der Waals surface area (Å²) in [7, 11) is 0. The summed E-state index contributed by atoms with van der Waals surface area (Å²) >= 11 is 5.99. The van der Waals surface area contributed by atoms with Crippen LogP contribution in [0.5, 0.6) is 0 Å². The molecule has 2 aliphatic rings. The van der Waals surface area contributed by atoms with Crippen LogP contribution in [-0.2, 0) is 0 Å². The Hall–Kier alpha value is -2.39. The zero-order valence-electron chi connectivity index (χ0n) is 17.0. The lowest BCUT2D eigenvalue weighted by atomic mass is 9.54. The Labute approximate surface area is 182 Å². The summed E-state index contributed by atoms with van der Waals surface area (Å²) in [5, 5.41) is 5.35. The first-order valence-electron chi connectivity index (χ1n) is 10.8. The molecular formula is C26H26ClFN2. The number of rotatable bonds is 4. The summed E-state index contributed by atoms with van der Waals surface area (Å²) in [6, 6.07) is 15.3. The first kappa shape index (κ1) is 19.6. The summed E-state index contributed by atoms with van der Waals surface area (Å²) in [5.41, 5.74) is 4.68. The van der Waals surface area contributed by atoms with E-state index in [1.165, 1.54) is 50.2 Å². The van der Waals surface area contributed by atoms with Gasteiger partial charge in [-0.25, -0.2) is 4.39 Å². The van der Waals surface area contributed by atoms with E-state index in [1.807, 2.05) is 30.5 Å². The molecule has 0 bridgehead atoms. The number of nitrogens with one attached hydrogen (secondary N) is 1. The lowest BCUT2D eigenvalue weighted by molar-refractivity contribution is 0.0440. The fourth-order valence-electron chi connectivity index (χ4n) is 5.46. The van der Waals surface area contributed by atoms with Gasteiger partial charge >= 0.3 is 0 Å². The second kappa shape index (κ2) is 7.70. The number of hydrogen-bond acceptors (Lipinski definition) is 2. The third-order valence-corrected chi connectivity index (χ3v) is 7.41. The molecule has 0 radical (unpaired) electrons. The monoisotopic (exact) mass is 420 g/mol. The summed E-state index contributed by atoms with van der Waals surface area (Å²) in [5.74, 6) is 0.337. The van der Waals surface area contributed by atoms with Crippen LogP contribution >= 0.6 is 11.6 Å². The van der Waals surface area contributed by atoms with E-state index in [2.05, 4.69) is 22.9 Å². The van der Waals surface area contributed by atoms with Crippen molar-refractivity contribution in [1.82, 2.24) is 10.3 Å². The van der Waals surface area contributed by atoms with Crippen LogP contribution < -0.4 is 5.32 Å². The van der Waals surface area contributed by atoms with Gasteiger partial charge in [0, 0.05) is 28.3 Å². The first-order valence-corrected chi connectivity index (χ1v) is 11.1. The number of halogens is 2. The normalized spacial score (nSPS) is 25.8. The summed E-state index contributed by atoms with van der Waals surface area (Å²) in [6.07, 6.45) is 9.10. The average molecular weight is 421 g/mol. The van der Waals surface area contributed by atoms with Crippen LogP contribution in [0.4, 0.5) is 4.39 Å². The highest BCUT2D eigenvalue weighted by molar-refractivity contribution is 6.30. The second-order valence-corrected chi connectivity index (χ2v) is 9.51. The predicted octanol–water partition coefficient (Wildman–Crippen LogP) is 7.09.